The van der Waals surface area contributed by atoms with E-state index in [4.69, 9.17) is 5.84 Å². The van der Waals surface area contributed by atoms with Gasteiger partial charge in [0.25, 0.3) is 11.8 Å². The largest absolute Gasteiger partial charge is 0.507 e. The van der Waals surface area contributed by atoms with Crippen LogP contribution in [0.1, 0.15) is 77.6 Å². The Labute approximate surface area is 289 Å². The number of benzene rings is 2. The average Bonchev–Trinajstić information content (AvgIpc) is 3.41. The first-order chi connectivity index (χ1) is 24.2. The summed E-state index contributed by atoms with van der Waals surface area (Å²) in [5, 5.41) is 18.4. The van der Waals surface area contributed by atoms with Gasteiger partial charge in [0.15, 0.2) is 0 Å². The summed E-state index contributed by atoms with van der Waals surface area (Å²) in [6.45, 7) is 2.52. The van der Waals surface area contributed by atoms with Gasteiger partial charge >= 0.3 is 0 Å². The number of amides is 6. The third-order valence-corrected chi connectivity index (χ3v) is 8.85. The number of anilines is 1. The Hall–Kier alpha value is -5.41. The van der Waals surface area contributed by atoms with Crippen molar-refractivity contribution < 1.29 is 33.9 Å². The number of hydrazine groups is 1. The van der Waals surface area contributed by atoms with E-state index in [0.717, 1.165) is 23.5 Å². The van der Waals surface area contributed by atoms with E-state index in [1.54, 1.807) is 41.3 Å². The molecule has 3 aliphatic rings. The minimum Gasteiger partial charge on any atom is -0.507 e. The van der Waals surface area contributed by atoms with Gasteiger partial charge in [-0.15, -0.1) is 0 Å². The van der Waals surface area contributed by atoms with Crippen molar-refractivity contribution in [2.75, 3.05) is 38.0 Å². The summed E-state index contributed by atoms with van der Waals surface area (Å²) in [4.78, 5) is 83.2. The number of hydrogen-bond donors (Lipinski definition) is 6. The quantitative estimate of drug-likeness (QED) is 0.0818. The summed E-state index contributed by atoms with van der Waals surface area (Å²) in [5.74, 6) is 3.07. The molecule has 0 saturated carbocycles. The minimum atomic E-state index is -1.09. The van der Waals surface area contributed by atoms with E-state index in [2.05, 4.69) is 26.4 Å². The Bertz CT molecular complexity index is 1720. The van der Waals surface area contributed by atoms with Crippen LogP contribution >= 0.6 is 0 Å². The second-order valence-corrected chi connectivity index (χ2v) is 12.3. The molecule has 1 unspecified atom stereocenters. The summed E-state index contributed by atoms with van der Waals surface area (Å²) in [6, 6.07) is 10.4. The number of para-hydroxylation sites is 1. The SMILES string of the molecule is NN/C(=C\C1=NCCN(C(=O)CCCCCCC(=O)Nc2cccc3c2C(=O)N(C2CCC(=O)NC2=O)C3=O)CCNC1)c1ccccc1O. The Morgan fingerprint density at radius 3 is 2.52 bits per heavy atom. The number of rotatable bonds is 12. The monoisotopic (exact) mass is 686 g/mol. The molecule has 1 fully saturated rings. The van der Waals surface area contributed by atoms with Crippen LogP contribution < -0.4 is 27.2 Å². The van der Waals surface area contributed by atoms with Crippen molar-refractivity contribution in [3.8, 4) is 5.75 Å². The number of piperidine rings is 1. The molecule has 2 aromatic carbocycles. The molecule has 1 saturated heterocycles. The number of carbonyl (C=O) groups excluding carboxylic acids is 6. The maximum absolute atomic E-state index is 13.2. The van der Waals surface area contributed by atoms with Crippen LogP contribution in [-0.4, -0.2) is 94.8 Å². The standard InChI is InChI=1S/C35H42N8O7/c36-41-26(23-8-5-6-11-28(23)44)20-22-21-37-16-18-42(19-17-38-22)31(47)13-4-2-1-3-12-29(45)39-25-10-7-9-24-32(25)35(50)43(34(24)49)27-14-15-30(46)40-33(27)48/h5-11,20,27,37,41,44H,1-4,12-19,21,36H2,(H,39,45)(H,40,46,48)/b26-20-,38-22?. The lowest BCUT2D eigenvalue weighted by Crippen LogP contribution is -2.54. The van der Waals surface area contributed by atoms with Gasteiger partial charge in [-0.2, -0.15) is 0 Å². The third kappa shape index (κ3) is 8.59. The molecular formula is C35H42N8O7. The number of hydrogen-bond acceptors (Lipinski definition) is 11. The van der Waals surface area contributed by atoms with E-state index < -0.39 is 29.7 Å². The molecule has 5 rings (SSSR count). The van der Waals surface area contributed by atoms with E-state index in [9.17, 15) is 33.9 Å². The zero-order valence-corrected chi connectivity index (χ0v) is 27.7. The molecule has 0 aromatic heterocycles. The first-order valence-electron chi connectivity index (χ1n) is 16.8. The number of carbonyl (C=O) groups is 6. The highest BCUT2D eigenvalue weighted by Crippen LogP contribution is 2.32. The number of fused-ring (bicyclic) bond motifs is 1. The summed E-state index contributed by atoms with van der Waals surface area (Å²) in [7, 11) is 0. The molecule has 0 aliphatic carbocycles. The average molecular weight is 687 g/mol. The van der Waals surface area contributed by atoms with Crippen LogP contribution in [0.2, 0.25) is 0 Å². The fourth-order valence-corrected chi connectivity index (χ4v) is 6.23. The van der Waals surface area contributed by atoms with Gasteiger partial charge in [-0.05, 0) is 49.6 Å². The van der Waals surface area contributed by atoms with Crippen LogP contribution in [0.5, 0.6) is 5.75 Å². The van der Waals surface area contributed by atoms with Crippen molar-refractivity contribution in [1.29, 1.82) is 0 Å². The molecule has 7 N–H and O–H groups in total. The molecule has 15 heteroatoms. The highest BCUT2D eigenvalue weighted by atomic mass is 16.3. The van der Waals surface area contributed by atoms with Crippen LogP contribution in [0.25, 0.3) is 5.70 Å². The zero-order valence-electron chi connectivity index (χ0n) is 27.7. The van der Waals surface area contributed by atoms with Crippen molar-refractivity contribution >= 4 is 52.5 Å². The lowest BCUT2D eigenvalue weighted by Gasteiger charge is -2.27. The summed E-state index contributed by atoms with van der Waals surface area (Å²) in [5.41, 5.74) is 4.79. The molecule has 15 nitrogen and oxygen atoms in total. The van der Waals surface area contributed by atoms with Crippen LogP contribution in [0.3, 0.4) is 0 Å². The summed E-state index contributed by atoms with van der Waals surface area (Å²) < 4.78 is 0. The molecule has 0 bridgehead atoms. The molecule has 0 spiro atoms. The number of aromatic hydroxyl groups is 1. The predicted octanol–water partition coefficient (Wildman–Crippen LogP) is 1.45. The number of aliphatic imine (C=N–C) groups is 1. The normalized spacial score (nSPS) is 18.5. The number of unbranched alkanes of at least 4 members (excludes halogenated alkanes) is 3. The van der Waals surface area contributed by atoms with Gasteiger partial charge in [0.2, 0.25) is 23.6 Å². The Morgan fingerprint density at radius 1 is 0.980 bits per heavy atom. The third-order valence-electron chi connectivity index (χ3n) is 8.85. The molecule has 6 amide bonds. The van der Waals surface area contributed by atoms with Gasteiger partial charge in [0.1, 0.15) is 11.8 Å². The van der Waals surface area contributed by atoms with Gasteiger partial charge < -0.3 is 26.1 Å². The van der Waals surface area contributed by atoms with E-state index in [-0.39, 0.29) is 53.6 Å². The number of nitrogens with two attached hydrogens (primary N) is 1. The molecule has 1 atom stereocenters. The summed E-state index contributed by atoms with van der Waals surface area (Å²) >= 11 is 0. The van der Waals surface area contributed by atoms with E-state index in [1.165, 1.54) is 12.1 Å². The molecule has 3 aliphatic heterocycles. The van der Waals surface area contributed by atoms with Crippen molar-refractivity contribution in [1.82, 2.24) is 25.9 Å². The first-order valence-corrected chi connectivity index (χ1v) is 16.8. The topological polar surface area (TPSA) is 216 Å². The number of nitrogens with one attached hydrogen (secondary N) is 4. The van der Waals surface area contributed by atoms with E-state index in [0.29, 0.717) is 63.2 Å². The van der Waals surface area contributed by atoms with Gasteiger partial charge in [-0.25, -0.2) is 0 Å². The van der Waals surface area contributed by atoms with E-state index >= 15 is 0 Å². The van der Waals surface area contributed by atoms with Crippen LogP contribution in [0.4, 0.5) is 5.69 Å². The van der Waals surface area contributed by atoms with Crippen LogP contribution in [0.15, 0.2) is 53.5 Å². The highest BCUT2D eigenvalue weighted by molar-refractivity contribution is 6.26. The van der Waals surface area contributed by atoms with Crippen molar-refractivity contribution in [3.63, 3.8) is 0 Å². The van der Waals surface area contributed by atoms with Gasteiger partial charge in [0.05, 0.1) is 34.8 Å². The fourth-order valence-electron chi connectivity index (χ4n) is 6.23. The maximum atomic E-state index is 13.2. The van der Waals surface area contributed by atoms with Gasteiger partial charge in [-0.3, -0.25) is 49.8 Å². The number of nitrogens with zero attached hydrogens (tertiary/aromatic N) is 3. The lowest BCUT2D eigenvalue weighted by molar-refractivity contribution is -0.136. The number of phenolic OH excluding ortho intramolecular Hbond substituents is 1. The van der Waals surface area contributed by atoms with Crippen LogP contribution in [0, 0.1) is 0 Å². The highest BCUT2D eigenvalue weighted by Gasteiger charge is 2.45. The molecule has 0 radical (unpaired) electrons. The minimum absolute atomic E-state index is 0.0176. The molecular weight excluding hydrogens is 644 g/mol. The maximum Gasteiger partial charge on any atom is 0.264 e. The smallest absolute Gasteiger partial charge is 0.264 e. The number of imide groups is 2. The Morgan fingerprint density at radius 2 is 1.76 bits per heavy atom. The molecule has 264 valence electrons. The molecule has 50 heavy (non-hydrogen) atoms. The van der Waals surface area contributed by atoms with Crippen molar-refractivity contribution in [2.45, 2.75) is 57.4 Å². The predicted molar refractivity (Wildman–Crippen MR) is 185 cm³/mol. The summed E-state index contributed by atoms with van der Waals surface area (Å²) in [6.07, 6.45) is 5.15. The van der Waals surface area contributed by atoms with Gasteiger partial charge in [-0.1, -0.05) is 31.0 Å². The van der Waals surface area contributed by atoms with Gasteiger partial charge in [0, 0.05) is 51.0 Å². The van der Waals surface area contributed by atoms with Crippen molar-refractivity contribution in [3.05, 3.63) is 65.2 Å². The Balaban J connectivity index is 1.04. The zero-order chi connectivity index (χ0) is 35.6. The second-order valence-electron chi connectivity index (χ2n) is 12.3. The Kier molecular flexibility index (Phi) is 12.1. The second kappa shape index (κ2) is 16.8. The van der Waals surface area contributed by atoms with Crippen molar-refractivity contribution in [2.24, 2.45) is 10.8 Å². The fraction of sp³-hybridized carbons (Fsp3) is 0.400. The molecule has 2 aromatic rings. The lowest BCUT2D eigenvalue weighted by atomic mass is 10.0. The van der Waals surface area contributed by atoms with E-state index in [1.807, 2.05) is 0 Å². The van der Waals surface area contributed by atoms with Crippen LogP contribution in [-0.2, 0) is 19.2 Å². The first kappa shape index (κ1) is 35.9. The number of phenols is 1. The molecule has 3 heterocycles.